The van der Waals surface area contributed by atoms with Gasteiger partial charge in [-0.05, 0) is 32.4 Å². The molecular weight excluding hydrogens is 302 g/mol. The van der Waals surface area contributed by atoms with Gasteiger partial charge in [-0.1, -0.05) is 23.7 Å². The first-order valence-electron chi connectivity index (χ1n) is 7.72. The standard InChI is InChI=1S/C16H24ClN3O2/c1-3-18-16(20-9-8-13(21)11-20)19-10-12(2)22-15-7-5-4-6-14(15)17/h4-7,12-13,21H,3,8-11H2,1-2H3,(H,18,19)/t12?,13-/m1/s1. The number of aliphatic hydroxyl groups excluding tert-OH is 1. The number of aliphatic imine (C=N–C) groups is 1. The van der Waals surface area contributed by atoms with Gasteiger partial charge in [-0.25, -0.2) is 4.99 Å². The summed E-state index contributed by atoms with van der Waals surface area (Å²) in [6, 6.07) is 7.43. The molecule has 0 radical (unpaired) electrons. The topological polar surface area (TPSA) is 57.1 Å². The van der Waals surface area contributed by atoms with Crippen molar-refractivity contribution < 1.29 is 9.84 Å². The molecule has 1 aliphatic heterocycles. The van der Waals surface area contributed by atoms with Gasteiger partial charge in [-0.2, -0.15) is 0 Å². The van der Waals surface area contributed by atoms with Crippen LogP contribution in [0.3, 0.4) is 0 Å². The summed E-state index contributed by atoms with van der Waals surface area (Å²) < 4.78 is 5.82. The van der Waals surface area contributed by atoms with Crippen molar-refractivity contribution in [3.8, 4) is 5.75 Å². The molecule has 22 heavy (non-hydrogen) atoms. The van der Waals surface area contributed by atoms with Crippen molar-refractivity contribution in [1.82, 2.24) is 10.2 Å². The van der Waals surface area contributed by atoms with E-state index in [1.54, 1.807) is 0 Å². The maximum absolute atomic E-state index is 9.66. The average Bonchev–Trinajstić information content (AvgIpc) is 2.92. The van der Waals surface area contributed by atoms with Crippen LogP contribution in [0.2, 0.25) is 5.02 Å². The van der Waals surface area contributed by atoms with Gasteiger partial charge in [0.15, 0.2) is 5.96 Å². The van der Waals surface area contributed by atoms with Crippen molar-refractivity contribution >= 4 is 17.6 Å². The molecule has 1 aromatic carbocycles. The summed E-state index contributed by atoms with van der Waals surface area (Å²) in [5.41, 5.74) is 0. The molecule has 1 fully saturated rings. The third-order valence-corrected chi connectivity index (χ3v) is 3.77. The number of nitrogens with one attached hydrogen (secondary N) is 1. The van der Waals surface area contributed by atoms with E-state index in [1.165, 1.54) is 0 Å². The van der Waals surface area contributed by atoms with Crippen LogP contribution in [-0.2, 0) is 0 Å². The van der Waals surface area contributed by atoms with E-state index in [2.05, 4.69) is 15.2 Å². The highest BCUT2D eigenvalue weighted by molar-refractivity contribution is 6.32. The zero-order chi connectivity index (χ0) is 15.9. The van der Waals surface area contributed by atoms with E-state index in [9.17, 15) is 5.11 Å². The van der Waals surface area contributed by atoms with Gasteiger partial charge in [0.25, 0.3) is 0 Å². The van der Waals surface area contributed by atoms with Crippen LogP contribution in [0.25, 0.3) is 0 Å². The number of β-amino-alcohol motifs (C(OH)–C–C–N with tert-alkyl or cyclic N) is 1. The van der Waals surface area contributed by atoms with E-state index < -0.39 is 0 Å². The Hall–Kier alpha value is -1.46. The lowest BCUT2D eigenvalue weighted by atomic mass is 10.3. The van der Waals surface area contributed by atoms with Crippen LogP contribution in [0.15, 0.2) is 29.3 Å². The smallest absolute Gasteiger partial charge is 0.194 e. The molecule has 0 saturated carbocycles. The maximum atomic E-state index is 9.66. The quantitative estimate of drug-likeness (QED) is 0.643. The lowest BCUT2D eigenvalue weighted by molar-refractivity contribution is 0.187. The van der Waals surface area contributed by atoms with Crippen LogP contribution < -0.4 is 10.1 Å². The molecule has 1 saturated heterocycles. The average molecular weight is 326 g/mol. The Kier molecular flexibility index (Phi) is 6.34. The number of aliphatic hydroxyl groups is 1. The number of ether oxygens (including phenoxy) is 1. The van der Waals surface area contributed by atoms with E-state index in [1.807, 2.05) is 38.1 Å². The van der Waals surface area contributed by atoms with E-state index in [4.69, 9.17) is 16.3 Å². The highest BCUT2D eigenvalue weighted by Crippen LogP contribution is 2.24. The predicted molar refractivity (Wildman–Crippen MR) is 89.7 cm³/mol. The van der Waals surface area contributed by atoms with Crippen molar-refractivity contribution in [2.24, 2.45) is 4.99 Å². The van der Waals surface area contributed by atoms with Crippen LogP contribution in [0.1, 0.15) is 20.3 Å². The molecule has 1 heterocycles. The molecule has 1 aliphatic rings. The van der Waals surface area contributed by atoms with Gasteiger partial charge < -0.3 is 20.1 Å². The molecule has 0 amide bonds. The molecule has 2 N–H and O–H groups in total. The van der Waals surface area contributed by atoms with E-state index >= 15 is 0 Å². The fourth-order valence-electron chi connectivity index (χ4n) is 2.37. The van der Waals surface area contributed by atoms with E-state index in [-0.39, 0.29) is 12.2 Å². The van der Waals surface area contributed by atoms with Gasteiger partial charge in [0.1, 0.15) is 11.9 Å². The van der Waals surface area contributed by atoms with Crippen LogP contribution in [0.4, 0.5) is 0 Å². The molecule has 2 rings (SSSR count). The second kappa shape index (κ2) is 8.25. The van der Waals surface area contributed by atoms with E-state index in [0.29, 0.717) is 23.9 Å². The number of nitrogens with zero attached hydrogens (tertiary/aromatic N) is 2. The molecule has 6 heteroatoms. The number of hydrogen-bond donors (Lipinski definition) is 2. The minimum atomic E-state index is -0.263. The number of benzene rings is 1. The van der Waals surface area contributed by atoms with Crippen molar-refractivity contribution in [3.63, 3.8) is 0 Å². The number of rotatable bonds is 5. The highest BCUT2D eigenvalue weighted by Gasteiger charge is 2.23. The van der Waals surface area contributed by atoms with E-state index in [0.717, 1.165) is 25.5 Å². The van der Waals surface area contributed by atoms with Crippen molar-refractivity contribution in [1.29, 1.82) is 0 Å². The first-order valence-corrected chi connectivity index (χ1v) is 8.10. The lowest BCUT2D eigenvalue weighted by Gasteiger charge is -2.22. The zero-order valence-electron chi connectivity index (χ0n) is 13.1. The molecule has 122 valence electrons. The fraction of sp³-hybridized carbons (Fsp3) is 0.562. The number of guanidine groups is 1. The Morgan fingerprint density at radius 1 is 1.55 bits per heavy atom. The predicted octanol–water partition coefficient (Wildman–Crippen LogP) is 2.14. The number of para-hydroxylation sites is 1. The molecule has 1 aromatic rings. The fourth-order valence-corrected chi connectivity index (χ4v) is 2.55. The summed E-state index contributed by atoms with van der Waals surface area (Å²) in [4.78, 5) is 6.69. The van der Waals surface area contributed by atoms with Crippen molar-refractivity contribution in [2.75, 3.05) is 26.2 Å². The summed E-state index contributed by atoms with van der Waals surface area (Å²) in [5.74, 6) is 1.50. The van der Waals surface area contributed by atoms with Gasteiger partial charge in [-0.15, -0.1) is 0 Å². The Morgan fingerprint density at radius 2 is 2.32 bits per heavy atom. The Bertz CT molecular complexity index is 510. The van der Waals surface area contributed by atoms with Gasteiger partial charge in [0.2, 0.25) is 0 Å². The third kappa shape index (κ3) is 4.78. The molecule has 0 aliphatic carbocycles. The second-order valence-corrected chi connectivity index (χ2v) is 5.85. The SMILES string of the molecule is CCNC(=NCC(C)Oc1ccccc1Cl)N1CC[C@@H](O)C1. The van der Waals surface area contributed by atoms with Crippen LogP contribution in [0.5, 0.6) is 5.75 Å². The molecular formula is C16H24ClN3O2. The molecule has 0 aromatic heterocycles. The minimum absolute atomic E-state index is 0.0823. The number of halogens is 1. The van der Waals surface area contributed by atoms with Gasteiger partial charge >= 0.3 is 0 Å². The van der Waals surface area contributed by atoms with Crippen molar-refractivity contribution in [2.45, 2.75) is 32.5 Å². The monoisotopic (exact) mass is 325 g/mol. The third-order valence-electron chi connectivity index (χ3n) is 3.46. The summed E-state index contributed by atoms with van der Waals surface area (Å²) >= 11 is 6.09. The molecule has 0 bridgehead atoms. The number of hydrogen-bond acceptors (Lipinski definition) is 3. The molecule has 5 nitrogen and oxygen atoms in total. The Labute approximate surface area is 136 Å². The summed E-state index contributed by atoms with van der Waals surface area (Å²) in [7, 11) is 0. The lowest BCUT2D eigenvalue weighted by Crippen LogP contribution is -2.41. The number of likely N-dealkylation sites (tertiary alicyclic amines) is 1. The maximum Gasteiger partial charge on any atom is 0.194 e. The second-order valence-electron chi connectivity index (χ2n) is 5.44. The van der Waals surface area contributed by atoms with Crippen LogP contribution in [0, 0.1) is 0 Å². The van der Waals surface area contributed by atoms with Gasteiger partial charge in [-0.3, -0.25) is 0 Å². The van der Waals surface area contributed by atoms with Crippen LogP contribution >= 0.6 is 11.6 Å². The first-order chi connectivity index (χ1) is 10.6. The van der Waals surface area contributed by atoms with Gasteiger partial charge in [0, 0.05) is 19.6 Å². The summed E-state index contributed by atoms with van der Waals surface area (Å²) in [6.45, 7) is 6.78. The van der Waals surface area contributed by atoms with Gasteiger partial charge in [0.05, 0.1) is 17.7 Å². The largest absolute Gasteiger partial charge is 0.487 e. The summed E-state index contributed by atoms with van der Waals surface area (Å²) in [6.07, 6.45) is 0.442. The normalized spacial score (nSPS) is 20.1. The zero-order valence-corrected chi connectivity index (χ0v) is 13.9. The highest BCUT2D eigenvalue weighted by atomic mass is 35.5. The Morgan fingerprint density at radius 3 is 2.95 bits per heavy atom. The first kappa shape index (κ1) is 16.9. The minimum Gasteiger partial charge on any atom is -0.487 e. The van der Waals surface area contributed by atoms with Crippen molar-refractivity contribution in [3.05, 3.63) is 29.3 Å². The Balaban J connectivity index is 1.93. The molecule has 2 atom stereocenters. The summed E-state index contributed by atoms with van der Waals surface area (Å²) in [5, 5.41) is 13.5. The molecule has 1 unspecified atom stereocenters. The molecule has 0 spiro atoms. The van der Waals surface area contributed by atoms with Crippen LogP contribution in [-0.4, -0.2) is 54.4 Å².